The Hall–Kier alpha value is -2.61. The third-order valence-electron chi connectivity index (χ3n) is 2.25. The number of amides is 2. The van der Waals surface area contributed by atoms with Crippen molar-refractivity contribution in [3.05, 3.63) is 37.3 Å². The molecule has 0 aromatic carbocycles. The molecule has 0 saturated heterocycles. The third-order valence-corrected chi connectivity index (χ3v) is 2.25. The van der Waals surface area contributed by atoms with Crippen LogP contribution in [0.25, 0.3) is 0 Å². The summed E-state index contributed by atoms with van der Waals surface area (Å²) in [5.74, 6) is -2.01. The maximum Gasteiger partial charge on any atom is 0.322 e. The van der Waals surface area contributed by atoms with Crippen molar-refractivity contribution in [3.63, 3.8) is 0 Å². The molecule has 1 aromatic rings. The van der Waals surface area contributed by atoms with Crippen molar-refractivity contribution in [2.24, 2.45) is 0 Å². The number of hydrogen-bond donors (Lipinski definition) is 4. The smallest absolute Gasteiger partial charge is 0.322 e. The number of aliphatic carboxylic acids is 1. The maximum absolute atomic E-state index is 11.4. The Labute approximate surface area is 128 Å². The number of carbonyl (C=O) groups is 3. The highest BCUT2D eigenvalue weighted by molar-refractivity contribution is 5.88. The van der Waals surface area contributed by atoms with Gasteiger partial charge in [-0.05, 0) is 19.1 Å². The average Bonchev–Trinajstić information content (AvgIpc) is 3.07. The molecule has 0 aliphatic rings. The first-order valence-electron chi connectivity index (χ1n) is 6.55. The summed E-state index contributed by atoms with van der Waals surface area (Å²) in [6.45, 7) is 4.92. The van der Waals surface area contributed by atoms with Gasteiger partial charge in [0.05, 0.1) is 25.1 Å². The van der Waals surface area contributed by atoms with Crippen molar-refractivity contribution in [3.8, 4) is 0 Å². The number of rotatable bonds is 8. The Kier molecular flexibility index (Phi) is 10.7. The molecule has 0 bridgehead atoms. The molecule has 1 aromatic heterocycles. The van der Waals surface area contributed by atoms with E-state index in [0.717, 1.165) is 0 Å². The van der Waals surface area contributed by atoms with Gasteiger partial charge in [-0.1, -0.05) is 6.08 Å². The molecule has 0 aliphatic heterocycles. The Balaban J connectivity index is 0.000000734. The summed E-state index contributed by atoms with van der Waals surface area (Å²) in [7, 11) is 0. The Morgan fingerprint density at radius 1 is 1.23 bits per heavy atom. The fraction of sp³-hybridized carbons (Fsp3) is 0.357. The van der Waals surface area contributed by atoms with E-state index in [4.69, 9.17) is 5.11 Å². The molecule has 22 heavy (non-hydrogen) atoms. The van der Waals surface area contributed by atoms with Crippen LogP contribution in [0.1, 0.15) is 6.92 Å². The minimum atomic E-state index is -1.13. The normalized spacial score (nSPS) is 10.6. The third kappa shape index (κ3) is 11.2. The fourth-order valence-corrected chi connectivity index (χ4v) is 1.14. The van der Waals surface area contributed by atoms with Crippen molar-refractivity contribution in [2.75, 3.05) is 19.6 Å². The van der Waals surface area contributed by atoms with Crippen LogP contribution in [0.2, 0.25) is 0 Å². The van der Waals surface area contributed by atoms with Crippen LogP contribution in [0, 0.1) is 0 Å². The van der Waals surface area contributed by atoms with Gasteiger partial charge < -0.3 is 25.5 Å². The number of nitrogens with one attached hydrogen (secondary N) is 3. The van der Waals surface area contributed by atoms with Crippen LogP contribution in [0.4, 0.5) is 0 Å². The average molecular weight is 311 g/mol. The predicted octanol–water partition coefficient (Wildman–Crippen LogP) is -0.253. The van der Waals surface area contributed by atoms with Gasteiger partial charge >= 0.3 is 5.97 Å². The lowest BCUT2D eigenvalue weighted by molar-refractivity contribution is -0.137. The van der Waals surface area contributed by atoms with Crippen molar-refractivity contribution < 1.29 is 23.9 Å². The van der Waals surface area contributed by atoms with Crippen LogP contribution < -0.4 is 16.0 Å². The predicted molar refractivity (Wildman–Crippen MR) is 80.0 cm³/mol. The molecule has 0 fully saturated rings. The fourth-order valence-electron chi connectivity index (χ4n) is 1.14. The summed E-state index contributed by atoms with van der Waals surface area (Å²) >= 11 is 0. The van der Waals surface area contributed by atoms with E-state index in [0.29, 0.717) is 6.54 Å². The number of carboxylic acid groups (broad SMARTS) is 1. The van der Waals surface area contributed by atoms with Crippen LogP contribution in [0.3, 0.4) is 0 Å². The molecule has 4 N–H and O–H groups in total. The van der Waals surface area contributed by atoms with Crippen LogP contribution in [0.15, 0.2) is 41.7 Å². The zero-order chi connectivity index (χ0) is 16.8. The molecule has 122 valence electrons. The first-order valence-corrected chi connectivity index (χ1v) is 6.55. The monoisotopic (exact) mass is 311 g/mol. The minimum Gasteiger partial charge on any atom is -0.480 e. The van der Waals surface area contributed by atoms with Gasteiger partial charge in [0.15, 0.2) is 0 Å². The van der Waals surface area contributed by atoms with Gasteiger partial charge in [-0.25, -0.2) is 0 Å². The number of furan rings is 1. The van der Waals surface area contributed by atoms with E-state index in [9.17, 15) is 14.4 Å². The van der Waals surface area contributed by atoms with Crippen LogP contribution in [0.5, 0.6) is 0 Å². The molecular formula is C14H21N3O5. The van der Waals surface area contributed by atoms with Crippen molar-refractivity contribution in [2.45, 2.75) is 13.0 Å². The van der Waals surface area contributed by atoms with E-state index >= 15 is 0 Å². The van der Waals surface area contributed by atoms with Crippen molar-refractivity contribution >= 4 is 17.8 Å². The Bertz CT molecular complexity index is 442. The highest BCUT2D eigenvalue weighted by Crippen LogP contribution is 1.81. The molecule has 0 aliphatic carbocycles. The second kappa shape index (κ2) is 12.2. The summed E-state index contributed by atoms with van der Waals surface area (Å²) in [5, 5.41) is 15.7. The quantitative estimate of drug-likeness (QED) is 0.491. The van der Waals surface area contributed by atoms with E-state index in [1.807, 2.05) is 12.1 Å². The number of carbonyl (C=O) groups excluding carboxylic acids is 2. The zero-order valence-corrected chi connectivity index (χ0v) is 12.4. The maximum atomic E-state index is 11.4. The number of hydrogen-bond acceptors (Lipinski definition) is 5. The summed E-state index contributed by atoms with van der Waals surface area (Å²) in [6.07, 6.45) is 4.86. The van der Waals surface area contributed by atoms with E-state index < -0.39 is 24.5 Å². The molecular weight excluding hydrogens is 290 g/mol. The molecule has 0 spiro atoms. The van der Waals surface area contributed by atoms with Crippen LogP contribution in [-0.4, -0.2) is 48.6 Å². The van der Waals surface area contributed by atoms with E-state index in [1.165, 1.54) is 0 Å². The molecule has 1 heterocycles. The van der Waals surface area contributed by atoms with Crippen molar-refractivity contribution in [1.29, 1.82) is 0 Å². The lowest BCUT2D eigenvalue weighted by atomic mass is 10.3. The molecule has 1 unspecified atom stereocenters. The van der Waals surface area contributed by atoms with Gasteiger partial charge in [-0.2, -0.15) is 0 Å². The summed E-state index contributed by atoms with van der Waals surface area (Å²) in [5.41, 5.74) is 0. The summed E-state index contributed by atoms with van der Waals surface area (Å²) in [4.78, 5) is 32.6. The van der Waals surface area contributed by atoms with Crippen LogP contribution >= 0.6 is 0 Å². The van der Waals surface area contributed by atoms with Gasteiger partial charge in [0, 0.05) is 6.54 Å². The lowest BCUT2D eigenvalue weighted by Crippen LogP contribution is -2.46. The number of carboxylic acids is 1. The lowest BCUT2D eigenvalue weighted by Gasteiger charge is -2.12. The summed E-state index contributed by atoms with van der Waals surface area (Å²) in [6, 6.07) is 3.22. The van der Waals surface area contributed by atoms with E-state index in [1.54, 1.807) is 25.5 Å². The first kappa shape index (κ1) is 19.4. The van der Waals surface area contributed by atoms with Crippen molar-refractivity contribution in [1.82, 2.24) is 16.0 Å². The first-order chi connectivity index (χ1) is 10.5. The molecule has 0 radical (unpaired) electrons. The highest BCUT2D eigenvalue weighted by atomic mass is 16.4. The molecule has 1 atom stereocenters. The highest BCUT2D eigenvalue weighted by Gasteiger charge is 2.12. The molecule has 8 nitrogen and oxygen atoms in total. The van der Waals surface area contributed by atoms with E-state index in [-0.39, 0.29) is 12.5 Å². The Morgan fingerprint density at radius 2 is 1.86 bits per heavy atom. The van der Waals surface area contributed by atoms with Gasteiger partial charge in [0.2, 0.25) is 11.8 Å². The second-order valence-electron chi connectivity index (χ2n) is 4.10. The SMILES string of the molecule is C=CCNC(C)C(=O)NCC(=O)NCC(=O)O.c1ccoc1. The van der Waals surface area contributed by atoms with Gasteiger partial charge in [0.1, 0.15) is 6.54 Å². The van der Waals surface area contributed by atoms with Gasteiger partial charge in [-0.3, -0.25) is 14.4 Å². The Morgan fingerprint density at radius 3 is 2.32 bits per heavy atom. The van der Waals surface area contributed by atoms with Gasteiger partial charge in [-0.15, -0.1) is 6.58 Å². The second-order valence-corrected chi connectivity index (χ2v) is 4.10. The molecule has 1 rings (SSSR count). The minimum absolute atomic E-state index is 0.244. The molecule has 0 saturated carbocycles. The molecule has 8 heteroatoms. The molecule has 2 amide bonds. The van der Waals surface area contributed by atoms with Gasteiger partial charge in [0.25, 0.3) is 0 Å². The largest absolute Gasteiger partial charge is 0.480 e. The van der Waals surface area contributed by atoms with Crippen LogP contribution in [-0.2, 0) is 14.4 Å². The summed E-state index contributed by atoms with van der Waals surface area (Å²) < 4.78 is 4.58. The topological polar surface area (TPSA) is 121 Å². The zero-order valence-electron chi connectivity index (χ0n) is 12.4. The standard InChI is InChI=1S/C10H17N3O4.C4H4O/c1-3-4-11-7(2)10(17)13-5-8(14)12-6-9(15)16;1-2-4-5-3-1/h3,7,11H,1,4-6H2,2H3,(H,12,14)(H,13,17)(H,15,16);1-4H. The van der Waals surface area contributed by atoms with E-state index in [2.05, 4.69) is 26.9 Å².